The molecule has 1 fully saturated rings. The molecule has 0 bridgehead atoms. The van der Waals surface area contributed by atoms with Crippen LogP contribution in [-0.2, 0) is 6.42 Å². The van der Waals surface area contributed by atoms with Crippen molar-refractivity contribution in [3.8, 4) is 0 Å². The van der Waals surface area contributed by atoms with E-state index in [1.165, 1.54) is 25.9 Å². The highest BCUT2D eigenvalue weighted by Crippen LogP contribution is 2.15. The molecule has 90 valence electrons. The van der Waals surface area contributed by atoms with Crippen LogP contribution in [0, 0.1) is 0 Å². The standard InChI is InChI=1S/C13H18N4/c14-11-4-3-8-17-12(11)10-15-13(17)5-9-16-6-1-2-7-16/h3-4,8,10H,1-2,5-7,9,14H2. The predicted molar refractivity (Wildman–Crippen MR) is 69.0 cm³/mol. The first-order valence-electron chi connectivity index (χ1n) is 6.27. The molecule has 3 rings (SSSR count). The summed E-state index contributed by atoms with van der Waals surface area (Å²) < 4.78 is 2.10. The lowest BCUT2D eigenvalue weighted by Crippen LogP contribution is -2.22. The Labute approximate surface area is 101 Å². The molecule has 0 atom stereocenters. The SMILES string of the molecule is Nc1cccn2c(CCN3CCCC3)ncc12. The van der Waals surface area contributed by atoms with Gasteiger partial charge in [-0.25, -0.2) is 4.98 Å². The van der Waals surface area contributed by atoms with E-state index in [1.54, 1.807) is 0 Å². The molecule has 4 nitrogen and oxygen atoms in total. The Hall–Kier alpha value is -1.55. The van der Waals surface area contributed by atoms with Gasteiger partial charge in [0, 0.05) is 19.2 Å². The topological polar surface area (TPSA) is 46.6 Å². The van der Waals surface area contributed by atoms with Crippen molar-refractivity contribution in [1.29, 1.82) is 0 Å². The number of hydrogen-bond acceptors (Lipinski definition) is 3. The summed E-state index contributed by atoms with van der Waals surface area (Å²) in [6, 6.07) is 3.89. The minimum absolute atomic E-state index is 0.799. The summed E-state index contributed by atoms with van der Waals surface area (Å²) in [7, 11) is 0. The molecule has 0 aliphatic carbocycles. The molecule has 0 radical (unpaired) electrons. The minimum atomic E-state index is 0.799. The van der Waals surface area contributed by atoms with Gasteiger partial charge in [-0.05, 0) is 38.1 Å². The van der Waals surface area contributed by atoms with Gasteiger partial charge < -0.3 is 15.0 Å². The fourth-order valence-electron chi connectivity index (χ4n) is 2.55. The first-order chi connectivity index (χ1) is 8.34. The van der Waals surface area contributed by atoms with Gasteiger partial charge in [-0.3, -0.25) is 0 Å². The lowest BCUT2D eigenvalue weighted by Gasteiger charge is -2.13. The Balaban J connectivity index is 1.78. The number of aromatic nitrogens is 2. The molecule has 1 saturated heterocycles. The van der Waals surface area contributed by atoms with E-state index in [0.717, 1.165) is 30.0 Å². The van der Waals surface area contributed by atoms with E-state index in [-0.39, 0.29) is 0 Å². The van der Waals surface area contributed by atoms with E-state index in [9.17, 15) is 0 Å². The normalized spacial score (nSPS) is 16.9. The van der Waals surface area contributed by atoms with Crippen LogP contribution in [0.4, 0.5) is 5.69 Å². The predicted octanol–water partition coefficient (Wildman–Crippen LogP) is 1.55. The molecule has 0 aromatic carbocycles. The molecule has 2 aromatic heterocycles. The van der Waals surface area contributed by atoms with Crippen LogP contribution in [0.1, 0.15) is 18.7 Å². The number of nitrogens with two attached hydrogens (primary N) is 1. The van der Waals surface area contributed by atoms with E-state index in [2.05, 4.69) is 14.3 Å². The highest BCUT2D eigenvalue weighted by molar-refractivity contribution is 5.68. The maximum absolute atomic E-state index is 5.92. The highest BCUT2D eigenvalue weighted by Gasteiger charge is 2.12. The van der Waals surface area contributed by atoms with E-state index in [1.807, 2.05) is 24.5 Å². The van der Waals surface area contributed by atoms with Crippen LogP contribution in [-0.4, -0.2) is 33.9 Å². The van der Waals surface area contributed by atoms with Gasteiger partial charge in [-0.1, -0.05) is 0 Å². The summed E-state index contributed by atoms with van der Waals surface area (Å²) in [4.78, 5) is 6.98. The second-order valence-electron chi connectivity index (χ2n) is 4.69. The Morgan fingerprint density at radius 3 is 2.94 bits per heavy atom. The first-order valence-corrected chi connectivity index (χ1v) is 6.27. The molecule has 0 spiro atoms. The lowest BCUT2D eigenvalue weighted by atomic mass is 10.3. The van der Waals surface area contributed by atoms with Crippen LogP contribution in [0.2, 0.25) is 0 Å². The van der Waals surface area contributed by atoms with Crippen molar-refractivity contribution in [2.24, 2.45) is 0 Å². The lowest BCUT2D eigenvalue weighted by molar-refractivity contribution is 0.340. The Bertz CT molecular complexity index is 511. The largest absolute Gasteiger partial charge is 0.397 e. The number of fused-ring (bicyclic) bond motifs is 1. The summed E-state index contributed by atoms with van der Waals surface area (Å²) in [5.41, 5.74) is 7.73. The quantitative estimate of drug-likeness (QED) is 0.870. The zero-order valence-corrected chi connectivity index (χ0v) is 9.97. The van der Waals surface area contributed by atoms with Crippen LogP contribution < -0.4 is 5.73 Å². The molecule has 1 aliphatic rings. The van der Waals surface area contributed by atoms with E-state index < -0.39 is 0 Å². The number of hydrogen-bond donors (Lipinski definition) is 1. The molecule has 2 aromatic rings. The Kier molecular flexibility index (Phi) is 2.73. The third-order valence-electron chi connectivity index (χ3n) is 3.53. The fourth-order valence-corrected chi connectivity index (χ4v) is 2.55. The summed E-state index contributed by atoms with van der Waals surface area (Å²) in [5.74, 6) is 1.11. The van der Waals surface area contributed by atoms with Crippen LogP contribution in [0.15, 0.2) is 24.5 Å². The van der Waals surface area contributed by atoms with Gasteiger partial charge in [0.15, 0.2) is 0 Å². The summed E-state index contributed by atoms with van der Waals surface area (Å²) >= 11 is 0. The van der Waals surface area contributed by atoms with Gasteiger partial charge in [0.25, 0.3) is 0 Å². The summed E-state index contributed by atoms with van der Waals surface area (Å²) in [6.45, 7) is 3.59. The highest BCUT2D eigenvalue weighted by atomic mass is 15.1. The number of nitrogen functional groups attached to an aromatic ring is 1. The van der Waals surface area contributed by atoms with Gasteiger partial charge in [0.05, 0.1) is 17.4 Å². The number of pyridine rings is 1. The number of rotatable bonds is 3. The Morgan fingerprint density at radius 1 is 1.29 bits per heavy atom. The minimum Gasteiger partial charge on any atom is -0.397 e. The fraction of sp³-hybridized carbons (Fsp3) is 0.462. The second kappa shape index (κ2) is 4.37. The first kappa shape index (κ1) is 10.6. The molecular weight excluding hydrogens is 212 g/mol. The van der Waals surface area contributed by atoms with Gasteiger partial charge in [-0.2, -0.15) is 0 Å². The number of nitrogens with zero attached hydrogens (tertiary/aromatic N) is 3. The van der Waals surface area contributed by atoms with E-state index >= 15 is 0 Å². The van der Waals surface area contributed by atoms with Crippen molar-refractivity contribution < 1.29 is 0 Å². The summed E-state index contributed by atoms with van der Waals surface area (Å²) in [6.07, 6.45) is 7.59. The van der Waals surface area contributed by atoms with E-state index in [4.69, 9.17) is 5.73 Å². The van der Waals surface area contributed by atoms with Crippen molar-refractivity contribution in [3.63, 3.8) is 0 Å². The molecule has 3 heterocycles. The van der Waals surface area contributed by atoms with Gasteiger partial charge >= 0.3 is 0 Å². The molecule has 0 saturated carbocycles. The van der Waals surface area contributed by atoms with Crippen LogP contribution in [0.5, 0.6) is 0 Å². The summed E-state index contributed by atoms with van der Waals surface area (Å²) in [5, 5.41) is 0. The second-order valence-corrected chi connectivity index (χ2v) is 4.69. The van der Waals surface area contributed by atoms with Crippen molar-refractivity contribution in [2.45, 2.75) is 19.3 Å². The van der Waals surface area contributed by atoms with Gasteiger partial charge in [-0.15, -0.1) is 0 Å². The van der Waals surface area contributed by atoms with Crippen LogP contribution in [0.25, 0.3) is 5.52 Å². The number of imidazole rings is 1. The zero-order chi connectivity index (χ0) is 11.7. The molecule has 0 unspecified atom stereocenters. The van der Waals surface area contributed by atoms with Crippen LogP contribution >= 0.6 is 0 Å². The molecule has 4 heteroatoms. The monoisotopic (exact) mass is 230 g/mol. The van der Waals surface area contributed by atoms with E-state index in [0.29, 0.717) is 0 Å². The third-order valence-corrected chi connectivity index (χ3v) is 3.53. The third kappa shape index (κ3) is 2.00. The van der Waals surface area contributed by atoms with Crippen molar-refractivity contribution >= 4 is 11.2 Å². The van der Waals surface area contributed by atoms with Crippen LogP contribution in [0.3, 0.4) is 0 Å². The molecule has 2 N–H and O–H groups in total. The molecular formula is C13H18N4. The van der Waals surface area contributed by atoms with Crippen molar-refractivity contribution in [1.82, 2.24) is 14.3 Å². The smallest absolute Gasteiger partial charge is 0.114 e. The van der Waals surface area contributed by atoms with Crippen molar-refractivity contribution in [2.75, 3.05) is 25.4 Å². The van der Waals surface area contributed by atoms with Gasteiger partial charge in [0.1, 0.15) is 5.82 Å². The molecule has 17 heavy (non-hydrogen) atoms. The maximum Gasteiger partial charge on any atom is 0.114 e. The molecule has 0 amide bonds. The molecule has 1 aliphatic heterocycles. The van der Waals surface area contributed by atoms with Crippen molar-refractivity contribution in [3.05, 3.63) is 30.4 Å². The average molecular weight is 230 g/mol. The Morgan fingerprint density at radius 2 is 2.12 bits per heavy atom. The maximum atomic E-state index is 5.92. The zero-order valence-electron chi connectivity index (χ0n) is 9.97. The van der Waals surface area contributed by atoms with Gasteiger partial charge in [0.2, 0.25) is 0 Å². The average Bonchev–Trinajstić information content (AvgIpc) is 2.95. The number of anilines is 1. The number of likely N-dealkylation sites (tertiary alicyclic amines) is 1.